The van der Waals surface area contributed by atoms with E-state index in [2.05, 4.69) is 10.3 Å². The SMILES string of the molecule is CCOc1ccc(OCC(=O)Nc2nc(C(=O)O)cs2)cc1. The van der Waals surface area contributed by atoms with E-state index in [1.807, 2.05) is 6.92 Å². The summed E-state index contributed by atoms with van der Waals surface area (Å²) in [5.41, 5.74) is -0.104. The molecule has 0 unspecified atom stereocenters. The Morgan fingerprint density at radius 1 is 1.23 bits per heavy atom. The maximum atomic E-state index is 11.7. The van der Waals surface area contributed by atoms with Gasteiger partial charge in [-0.1, -0.05) is 0 Å². The van der Waals surface area contributed by atoms with Crippen molar-refractivity contribution in [2.24, 2.45) is 0 Å². The van der Waals surface area contributed by atoms with E-state index < -0.39 is 11.9 Å². The van der Waals surface area contributed by atoms with E-state index >= 15 is 0 Å². The van der Waals surface area contributed by atoms with Crippen LogP contribution in [0, 0.1) is 0 Å². The summed E-state index contributed by atoms with van der Waals surface area (Å²) < 4.78 is 10.6. The maximum absolute atomic E-state index is 11.7. The van der Waals surface area contributed by atoms with Gasteiger partial charge >= 0.3 is 5.97 Å². The van der Waals surface area contributed by atoms with Gasteiger partial charge in [0.05, 0.1) is 6.61 Å². The summed E-state index contributed by atoms with van der Waals surface area (Å²) in [6.07, 6.45) is 0. The summed E-state index contributed by atoms with van der Waals surface area (Å²) in [5, 5.41) is 12.8. The predicted octanol–water partition coefficient (Wildman–Crippen LogP) is 2.26. The summed E-state index contributed by atoms with van der Waals surface area (Å²) >= 11 is 1.04. The van der Waals surface area contributed by atoms with Crippen molar-refractivity contribution in [1.29, 1.82) is 0 Å². The Bertz CT molecular complexity index is 654. The molecule has 22 heavy (non-hydrogen) atoms. The molecule has 0 saturated heterocycles. The molecule has 1 aromatic carbocycles. The van der Waals surface area contributed by atoms with Crippen LogP contribution in [0.4, 0.5) is 5.13 Å². The third-order valence-corrected chi connectivity index (χ3v) is 3.23. The van der Waals surface area contributed by atoms with Crippen molar-refractivity contribution in [1.82, 2.24) is 4.98 Å². The third-order valence-electron chi connectivity index (χ3n) is 2.47. The monoisotopic (exact) mass is 322 g/mol. The van der Waals surface area contributed by atoms with Crippen LogP contribution < -0.4 is 14.8 Å². The van der Waals surface area contributed by atoms with Gasteiger partial charge in [0.2, 0.25) is 0 Å². The number of carbonyl (C=O) groups excluding carboxylic acids is 1. The van der Waals surface area contributed by atoms with Crippen molar-refractivity contribution in [3.63, 3.8) is 0 Å². The molecule has 0 fully saturated rings. The number of amides is 1. The lowest BCUT2D eigenvalue weighted by Gasteiger charge is -2.07. The Hall–Kier alpha value is -2.61. The number of carbonyl (C=O) groups is 2. The average Bonchev–Trinajstić information content (AvgIpc) is 2.95. The van der Waals surface area contributed by atoms with Crippen LogP contribution in [-0.4, -0.2) is 35.2 Å². The molecule has 0 aliphatic heterocycles. The molecular weight excluding hydrogens is 308 g/mol. The lowest BCUT2D eigenvalue weighted by Crippen LogP contribution is -2.20. The van der Waals surface area contributed by atoms with Crippen LogP contribution in [0.5, 0.6) is 11.5 Å². The number of nitrogens with one attached hydrogen (secondary N) is 1. The molecule has 116 valence electrons. The summed E-state index contributed by atoms with van der Waals surface area (Å²) in [4.78, 5) is 26.1. The highest BCUT2D eigenvalue weighted by Crippen LogP contribution is 2.18. The normalized spacial score (nSPS) is 10.0. The van der Waals surface area contributed by atoms with Crippen molar-refractivity contribution >= 4 is 28.3 Å². The van der Waals surface area contributed by atoms with E-state index in [9.17, 15) is 9.59 Å². The Balaban J connectivity index is 1.82. The smallest absolute Gasteiger partial charge is 0.355 e. The molecule has 1 amide bonds. The first-order chi connectivity index (χ1) is 10.6. The van der Waals surface area contributed by atoms with E-state index in [0.29, 0.717) is 12.4 Å². The van der Waals surface area contributed by atoms with E-state index in [1.54, 1.807) is 24.3 Å². The molecule has 0 radical (unpaired) electrons. The van der Waals surface area contributed by atoms with Gasteiger partial charge in [-0.2, -0.15) is 0 Å². The highest BCUT2D eigenvalue weighted by molar-refractivity contribution is 7.14. The van der Waals surface area contributed by atoms with E-state index in [4.69, 9.17) is 14.6 Å². The number of carboxylic acids is 1. The molecule has 8 heteroatoms. The molecular formula is C14H14N2O5S. The summed E-state index contributed by atoms with van der Waals surface area (Å²) in [6.45, 7) is 2.27. The van der Waals surface area contributed by atoms with Gasteiger partial charge in [0.25, 0.3) is 5.91 Å². The summed E-state index contributed by atoms with van der Waals surface area (Å²) in [7, 11) is 0. The number of aromatic carboxylic acids is 1. The molecule has 0 bridgehead atoms. The summed E-state index contributed by atoms with van der Waals surface area (Å²) in [5.74, 6) is -0.296. The maximum Gasteiger partial charge on any atom is 0.355 e. The predicted molar refractivity (Wildman–Crippen MR) is 80.8 cm³/mol. The molecule has 0 atom stereocenters. The van der Waals surface area contributed by atoms with Crippen LogP contribution in [0.2, 0.25) is 0 Å². The molecule has 0 aliphatic carbocycles. The molecule has 0 aliphatic rings. The second-order valence-corrected chi connectivity index (χ2v) is 4.94. The van der Waals surface area contributed by atoms with E-state index in [-0.39, 0.29) is 17.4 Å². The molecule has 1 aromatic heterocycles. The quantitative estimate of drug-likeness (QED) is 0.811. The second-order valence-electron chi connectivity index (χ2n) is 4.08. The highest BCUT2D eigenvalue weighted by Gasteiger charge is 2.11. The van der Waals surface area contributed by atoms with Crippen LogP contribution in [0.15, 0.2) is 29.6 Å². The number of hydrogen-bond donors (Lipinski definition) is 2. The average molecular weight is 322 g/mol. The van der Waals surface area contributed by atoms with Gasteiger partial charge in [-0.05, 0) is 31.2 Å². The third kappa shape index (κ3) is 4.45. The summed E-state index contributed by atoms with van der Waals surface area (Å²) in [6, 6.07) is 6.89. The minimum Gasteiger partial charge on any atom is -0.494 e. The Kier molecular flexibility index (Phi) is 5.31. The Morgan fingerprint density at radius 3 is 2.41 bits per heavy atom. The first kappa shape index (κ1) is 15.8. The van der Waals surface area contributed by atoms with Crippen molar-refractivity contribution in [2.75, 3.05) is 18.5 Å². The van der Waals surface area contributed by atoms with Gasteiger partial charge in [0, 0.05) is 5.38 Å². The Morgan fingerprint density at radius 2 is 1.86 bits per heavy atom. The van der Waals surface area contributed by atoms with Crippen molar-refractivity contribution in [3.05, 3.63) is 35.3 Å². The number of anilines is 1. The minimum atomic E-state index is -1.14. The van der Waals surface area contributed by atoms with Crippen LogP contribution in [-0.2, 0) is 4.79 Å². The number of nitrogens with zero attached hydrogens (tertiary/aromatic N) is 1. The fraction of sp³-hybridized carbons (Fsp3) is 0.214. The van der Waals surface area contributed by atoms with Crippen LogP contribution in [0.1, 0.15) is 17.4 Å². The molecule has 2 rings (SSSR count). The number of aromatic nitrogens is 1. The first-order valence-corrected chi connectivity index (χ1v) is 7.30. The zero-order chi connectivity index (χ0) is 15.9. The topological polar surface area (TPSA) is 97.8 Å². The van der Waals surface area contributed by atoms with Crippen LogP contribution in [0.25, 0.3) is 0 Å². The number of carboxylic acid groups (broad SMARTS) is 1. The zero-order valence-electron chi connectivity index (χ0n) is 11.7. The second kappa shape index (κ2) is 7.41. The fourth-order valence-corrected chi connectivity index (χ4v) is 2.23. The zero-order valence-corrected chi connectivity index (χ0v) is 12.6. The van der Waals surface area contributed by atoms with Crippen molar-refractivity contribution < 1.29 is 24.2 Å². The highest BCUT2D eigenvalue weighted by atomic mass is 32.1. The molecule has 2 N–H and O–H groups in total. The van der Waals surface area contributed by atoms with Crippen molar-refractivity contribution in [3.8, 4) is 11.5 Å². The van der Waals surface area contributed by atoms with E-state index in [1.165, 1.54) is 5.38 Å². The number of hydrogen-bond acceptors (Lipinski definition) is 6. The number of benzene rings is 1. The number of ether oxygens (including phenoxy) is 2. The van der Waals surface area contributed by atoms with Crippen molar-refractivity contribution in [2.45, 2.75) is 6.92 Å². The van der Waals surface area contributed by atoms with Gasteiger partial charge in [-0.3, -0.25) is 10.1 Å². The van der Waals surface area contributed by atoms with Gasteiger partial charge in [-0.15, -0.1) is 11.3 Å². The minimum absolute atomic E-state index is 0.104. The van der Waals surface area contributed by atoms with Crippen LogP contribution in [0.3, 0.4) is 0 Å². The van der Waals surface area contributed by atoms with Gasteiger partial charge in [0.1, 0.15) is 11.5 Å². The lowest BCUT2D eigenvalue weighted by atomic mass is 10.3. The molecule has 0 saturated carbocycles. The first-order valence-electron chi connectivity index (χ1n) is 6.43. The molecule has 1 heterocycles. The van der Waals surface area contributed by atoms with Gasteiger partial charge in [0.15, 0.2) is 17.4 Å². The van der Waals surface area contributed by atoms with E-state index in [0.717, 1.165) is 17.1 Å². The van der Waals surface area contributed by atoms with Gasteiger partial charge in [-0.25, -0.2) is 9.78 Å². The molecule has 0 spiro atoms. The number of rotatable bonds is 7. The molecule has 7 nitrogen and oxygen atoms in total. The standard InChI is InChI=1S/C14H14N2O5S/c1-2-20-9-3-5-10(6-4-9)21-7-12(17)16-14-15-11(8-22-14)13(18)19/h3-6,8H,2,7H2,1H3,(H,18,19)(H,15,16,17). The van der Waals surface area contributed by atoms with Gasteiger partial charge < -0.3 is 14.6 Å². The van der Waals surface area contributed by atoms with Crippen LogP contribution >= 0.6 is 11.3 Å². The fourth-order valence-electron chi connectivity index (χ4n) is 1.53. The number of thiazole rings is 1. The Labute approximate surface area is 130 Å². The largest absolute Gasteiger partial charge is 0.494 e. The lowest BCUT2D eigenvalue weighted by molar-refractivity contribution is -0.118. The molecule has 2 aromatic rings.